The van der Waals surface area contributed by atoms with E-state index in [1.807, 2.05) is 26.0 Å². The van der Waals surface area contributed by atoms with Crippen molar-refractivity contribution >= 4 is 17.5 Å². The van der Waals surface area contributed by atoms with Crippen LogP contribution in [0.15, 0.2) is 18.2 Å². The van der Waals surface area contributed by atoms with Crippen LogP contribution in [0.2, 0.25) is 0 Å². The molecule has 0 fully saturated rings. The highest BCUT2D eigenvalue weighted by Crippen LogP contribution is 2.21. The first kappa shape index (κ1) is 13.8. The number of carbonyl (C=O) groups is 1. The Morgan fingerprint density at radius 3 is 2.71 bits per heavy atom. The largest absolute Gasteiger partial charge is 0.496 e. The molecule has 1 aromatic carbocycles. The van der Waals surface area contributed by atoms with Gasteiger partial charge >= 0.3 is 0 Å². The van der Waals surface area contributed by atoms with Crippen LogP contribution in [0.3, 0.4) is 0 Å². The number of carbonyl (C=O) groups excluding carboxylic acids is 1. The minimum Gasteiger partial charge on any atom is -0.496 e. The number of hydrogen-bond donors (Lipinski definition) is 0. The molecule has 0 bridgehead atoms. The number of nitrogens with zero attached hydrogens (tertiary/aromatic N) is 1. The van der Waals surface area contributed by atoms with Gasteiger partial charge in [0.05, 0.1) is 12.7 Å². The second kappa shape index (κ2) is 5.92. The molecule has 0 saturated carbocycles. The third kappa shape index (κ3) is 3.63. The summed E-state index contributed by atoms with van der Waals surface area (Å²) in [5.74, 6) is 0.521. The van der Waals surface area contributed by atoms with Crippen molar-refractivity contribution in [1.29, 1.82) is 0 Å². The van der Waals surface area contributed by atoms with Gasteiger partial charge in [0, 0.05) is 19.0 Å². The fourth-order valence-corrected chi connectivity index (χ4v) is 1.86. The number of halogens is 1. The van der Waals surface area contributed by atoms with E-state index in [2.05, 4.69) is 0 Å². The minimum absolute atomic E-state index is 0.0697. The third-order valence-corrected chi connectivity index (χ3v) is 2.60. The maximum absolute atomic E-state index is 12.2. The fraction of sp³-hybridized carbons (Fsp3) is 0.462. The van der Waals surface area contributed by atoms with Crippen LogP contribution in [0, 0.1) is 6.92 Å². The Labute approximate surface area is 107 Å². The number of benzene rings is 1. The molecule has 1 atom stereocenters. The number of alkyl halides is 1. The number of amides is 1. The van der Waals surface area contributed by atoms with Crippen molar-refractivity contribution in [3.05, 3.63) is 29.3 Å². The Morgan fingerprint density at radius 1 is 1.53 bits per heavy atom. The van der Waals surface area contributed by atoms with Crippen LogP contribution in [0.1, 0.15) is 22.8 Å². The lowest BCUT2D eigenvalue weighted by Crippen LogP contribution is -2.31. The molecule has 17 heavy (non-hydrogen) atoms. The molecular formula is C13H18ClNO2. The van der Waals surface area contributed by atoms with Gasteiger partial charge in [-0.2, -0.15) is 0 Å². The maximum Gasteiger partial charge on any atom is 0.257 e. The van der Waals surface area contributed by atoms with Crippen molar-refractivity contribution in [2.24, 2.45) is 0 Å². The van der Waals surface area contributed by atoms with Crippen molar-refractivity contribution in [2.45, 2.75) is 19.2 Å². The molecule has 1 rings (SSSR count). The molecule has 0 aliphatic rings. The molecule has 0 heterocycles. The summed E-state index contributed by atoms with van der Waals surface area (Å²) in [6, 6.07) is 5.55. The number of methoxy groups -OCH3 is 1. The van der Waals surface area contributed by atoms with Crippen molar-refractivity contribution in [3.8, 4) is 5.75 Å². The van der Waals surface area contributed by atoms with E-state index in [4.69, 9.17) is 16.3 Å². The summed E-state index contributed by atoms with van der Waals surface area (Å²) in [5, 5.41) is -0.0697. The number of aryl methyl sites for hydroxylation is 1. The Bertz CT molecular complexity index is 404. The normalized spacial score (nSPS) is 12.1. The average Bonchev–Trinajstić information content (AvgIpc) is 2.27. The standard InChI is InChI=1S/C13H18ClNO2/c1-9-5-6-12(17-4)11(7-9)13(16)15(3)8-10(2)14/h5-7,10H,8H2,1-4H3. The molecule has 1 aromatic rings. The van der Waals surface area contributed by atoms with Gasteiger partial charge in [-0.15, -0.1) is 11.6 Å². The van der Waals surface area contributed by atoms with E-state index in [0.717, 1.165) is 5.56 Å². The molecule has 0 aliphatic heterocycles. The summed E-state index contributed by atoms with van der Waals surface area (Å²) in [4.78, 5) is 13.8. The summed E-state index contributed by atoms with van der Waals surface area (Å²) in [6.45, 7) is 4.32. The van der Waals surface area contributed by atoms with Crippen LogP contribution in [0.5, 0.6) is 5.75 Å². The summed E-state index contributed by atoms with van der Waals surface area (Å²) in [7, 11) is 3.30. The van der Waals surface area contributed by atoms with Gasteiger partial charge in [0.2, 0.25) is 0 Å². The van der Waals surface area contributed by atoms with Crippen LogP contribution in [-0.2, 0) is 0 Å². The zero-order chi connectivity index (χ0) is 13.0. The van der Waals surface area contributed by atoms with Crippen molar-refractivity contribution in [2.75, 3.05) is 20.7 Å². The van der Waals surface area contributed by atoms with Crippen molar-refractivity contribution in [3.63, 3.8) is 0 Å². The third-order valence-electron chi connectivity index (χ3n) is 2.46. The maximum atomic E-state index is 12.2. The Hall–Kier alpha value is -1.22. The number of ether oxygens (including phenoxy) is 1. The molecule has 0 saturated heterocycles. The van der Waals surface area contributed by atoms with Crippen LogP contribution < -0.4 is 4.74 Å². The lowest BCUT2D eigenvalue weighted by molar-refractivity contribution is 0.0792. The Balaban J connectivity index is 2.98. The predicted octanol–water partition coefficient (Wildman–Crippen LogP) is 2.70. The highest BCUT2D eigenvalue weighted by Gasteiger charge is 2.17. The lowest BCUT2D eigenvalue weighted by Gasteiger charge is -2.20. The zero-order valence-electron chi connectivity index (χ0n) is 10.7. The second-order valence-corrected chi connectivity index (χ2v) is 4.92. The van der Waals surface area contributed by atoms with Gasteiger partial charge in [0.1, 0.15) is 5.75 Å². The first-order chi connectivity index (χ1) is 7.95. The van der Waals surface area contributed by atoms with E-state index in [-0.39, 0.29) is 11.3 Å². The SMILES string of the molecule is COc1ccc(C)cc1C(=O)N(C)CC(C)Cl. The summed E-state index contributed by atoms with van der Waals surface area (Å²) in [6.07, 6.45) is 0. The van der Waals surface area contributed by atoms with Gasteiger partial charge in [-0.25, -0.2) is 0 Å². The van der Waals surface area contributed by atoms with Gasteiger partial charge < -0.3 is 9.64 Å². The van der Waals surface area contributed by atoms with Gasteiger partial charge in [0.25, 0.3) is 5.91 Å². The van der Waals surface area contributed by atoms with E-state index in [1.165, 1.54) is 0 Å². The quantitative estimate of drug-likeness (QED) is 0.775. The summed E-state index contributed by atoms with van der Waals surface area (Å²) < 4.78 is 5.20. The predicted molar refractivity (Wildman–Crippen MR) is 70.0 cm³/mol. The van der Waals surface area contributed by atoms with E-state index in [1.54, 1.807) is 25.1 Å². The van der Waals surface area contributed by atoms with Crippen molar-refractivity contribution in [1.82, 2.24) is 4.90 Å². The molecule has 1 unspecified atom stereocenters. The molecule has 0 aliphatic carbocycles. The van der Waals surface area contributed by atoms with Gasteiger partial charge in [0.15, 0.2) is 0 Å². The highest BCUT2D eigenvalue weighted by molar-refractivity contribution is 6.20. The second-order valence-electron chi connectivity index (χ2n) is 4.17. The topological polar surface area (TPSA) is 29.5 Å². The minimum atomic E-state index is -0.0712. The molecular weight excluding hydrogens is 238 g/mol. The molecule has 0 N–H and O–H groups in total. The lowest BCUT2D eigenvalue weighted by atomic mass is 10.1. The molecule has 3 nitrogen and oxygen atoms in total. The Kier molecular flexibility index (Phi) is 4.82. The number of hydrogen-bond acceptors (Lipinski definition) is 2. The molecule has 0 radical (unpaired) electrons. The van der Waals surface area contributed by atoms with Crippen LogP contribution in [0.4, 0.5) is 0 Å². The van der Waals surface area contributed by atoms with E-state index >= 15 is 0 Å². The van der Waals surface area contributed by atoms with Crippen LogP contribution >= 0.6 is 11.6 Å². The summed E-state index contributed by atoms with van der Waals surface area (Å²) >= 11 is 5.88. The fourth-order valence-electron chi connectivity index (χ4n) is 1.65. The monoisotopic (exact) mass is 255 g/mol. The Morgan fingerprint density at radius 2 is 2.18 bits per heavy atom. The first-order valence-corrected chi connectivity index (χ1v) is 5.93. The van der Waals surface area contributed by atoms with Crippen LogP contribution in [0.25, 0.3) is 0 Å². The molecule has 4 heteroatoms. The smallest absolute Gasteiger partial charge is 0.257 e. The average molecular weight is 256 g/mol. The van der Waals surface area contributed by atoms with Gasteiger partial charge in [-0.3, -0.25) is 4.79 Å². The molecule has 1 amide bonds. The van der Waals surface area contributed by atoms with E-state index < -0.39 is 0 Å². The number of rotatable bonds is 4. The zero-order valence-corrected chi connectivity index (χ0v) is 11.4. The molecule has 94 valence electrons. The summed E-state index contributed by atoms with van der Waals surface area (Å²) in [5.41, 5.74) is 1.61. The molecule has 0 spiro atoms. The van der Waals surface area contributed by atoms with E-state index in [0.29, 0.717) is 17.9 Å². The van der Waals surface area contributed by atoms with Gasteiger partial charge in [-0.1, -0.05) is 11.6 Å². The molecule has 0 aromatic heterocycles. The van der Waals surface area contributed by atoms with E-state index in [9.17, 15) is 4.79 Å². The van der Waals surface area contributed by atoms with Crippen LogP contribution in [-0.4, -0.2) is 36.9 Å². The highest BCUT2D eigenvalue weighted by atomic mass is 35.5. The van der Waals surface area contributed by atoms with Gasteiger partial charge in [-0.05, 0) is 26.0 Å². The first-order valence-electron chi connectivity index (χ1n) is 5.50. The van der Waals surface area contributed by atoms with Crippen molar-refractivity contribution < 1.29 is 9.53 Å².